The van der Waals surface area contributed by atoms with E-state index in [0.717, 1.165) is 13.1 Å². The van der Waals surface area contributed by atoms with Crippen LogP contribution in [0.5, 0.6) is 0 Å². The lowest BCUT2D eigenvalue weighted by molar-refractivity contribution is 0.0456. The lowest BCUT2D eigenvalue weighted by atomic mass is 10.1. The van der Waals surface area contributed by atoms with Crippen LogP contribution < -0.4 is 0 Å². The van der Waals surface area contributed by atoms with Gasteiger partial charge >= 0.3 is 0 Å². The van der Waals surface area contributed by atoms with Crippen LogP contribution in [0, 0.1) is 0 Å². The summed E-state index contributed by atoms with van der Waals surface area (Å²) in [5.74, 6) is 0.680. The van der Waals surface area contributed by atoms with E-state index in [0.29, 0.717) is 11.9 Å². The fourth-order valence-electron chi connectivity index (χ4n) is 1.99. The topological polar surface area (TPSA) is 60.0 Å². The third-order valence-corrected chi connectivity index (χ3v) is 3.07. The first-order chi connectivity index (χ1) is 7.84. The largest absolute Gasteiger partial charge is 0.338 e. The van der Waals surface area contributed by atoms with Crippen LogP contribution in [-0.2, 0) is 0 Å². The smallest absolute Gasteiger partial charge is 0.243 e. The molecule has 3 heterocycles. The van der Waals surface area contributed by atoms with Crippen LogP contribution in [0.3, 0.4) is 0 Å². The molecule has 0 aromatic carbocycles. The number of nitrogens with zero attached hydrogens (tertiary/aromatic N) is 5. The van der Waals surface area contributed by atoms with E-state index in [1.807, 2.05) is 23.1 Å². The normalized spacial score (nSPS) is 19.6. The SMILES string of the molecule is CC(c1ncno1)N1CC(n2cccn2)C1. The maximum absolute atomic E-state index is 5.05. The van der Waals surface area contributed by atoms with E-state index < -0.39 is 0 Å². The fraction of sp³-hybridized carbons (Fsp3) is 0.500. The Morgan fingerprint density at radius 1 is 1.50 bits per heavy atom. The fourth-order valence-corrected chi connectivity index (χ4v) is 1.99. The van der Waals surface area contributed by atoms with E-state index in [1.165, 1.54) is 6.33 Å². The van der Waals surface area contributed by atoms with Crippen molar-refractivity contribution < 1.29 is 4.52 Å². The van der Waals surface area contributed by atoms with Gasteiger partial charge in [-0.2, -0.15) is 10.1 Å². The zero-order valence-electron chi connectivity index (χ0n) is 9.02. The van der Waals surface area contributed by atoms with Crippen LogP contribution in [0.2, 0.25) is 0 Å². The molecule has 1 fully saturated rings. The molecule has 0 N–H and O–H groups in total. The molecule has 3 rings (SSSR count). The molecule has 1 unspecified atom stereocenters. The predicted molar refractivity (Wildman–Crippen MR) is 55.6 cm³/mol. The van der Waals surface area contributed by atoms with Crippen molar-refractivity contribution in [2.24, 2.45) is 0 Å². The molecule has 16 heavy (non-hydrogen) atoms. The Bertz CT molecular complexity index is 432. The zero-order valence-corrected chi connectivity index (χ0v) is 9.02. The van der Waals surface area contributed by atoms with Crippen molar-refractivity contribution in [1.29, 1.82) is 0 Å². The molecule has 1 saturated heterocycles. The van der Waals surface area contributed by atoms with Gasteiger partial charge in [-0.15, -0.1) is 0 Å². The Morgan fingerprint density at radius 2 is 2.38 bits per heavy atom. The second-order valence-corrected chi connectivity index (χ2v) is 4.05. The summed E-state index contributed by atoms with van der Waals surface area (Å²) in [5.41, 5.74) is 0. The van der Waals surface area contributed by atoms with E-state index in [9.17, 15) is 0 Å². The summed E-state index contributed by atoms with van der Waals surface area (Å²) in [7, 11) is 0. The van der Waals surface area contributed by atoms with Crippen molar-refractivity contribution in [1.82, 2.24) is 24.8 Å². The van der Waals surface area contributed by atoms with Gasteiger partial charge in [-0.3, -0.25) is 9.58 Å². The minimum absolute atomic E-state index is 0.189. The molecule has 1 aliphatic heterocycles. The second-order valence-electron chi connectivity index (χ2n) is 4.05. The molecule has 0 saturated carbocycles. The molecule has 0 spiro atoms. The van der Waals surface area contributed by atoms with Gasteiger partial charge < -0.3 is 4.52 Å². The predicted octanol–water partition coefficient (Wildman–Crippen LogP) is 0.884. The molecule has 0 radical (unpaired) electrons. The maximum Gasteiger partial charge on any atom is 0.243 e. The van der Waals surface area contributed by atoms with Crippen molar-refractivity contribution in [3.05, 3.63) is 30.7 Å². The second kappa shape index (κ2) is 3.71. The average Bonchev–Trinajstić information content (AvgIpc) is 2.88. The van der Waals surface area contributed by atoms with Crippen LogP contribution >= 0.6 is 0 Å². The van der Waals surface area contributed by atoms with E-state index in [1.54, 1.807) is 0 Å². The number of likely N-dealkylation sites (tertiary alicyclic amines) is 1. The molecule has 1 atom stereocenters. The van der Waals surface area contributed by atoms with Gasteiger partial charge in [0.05, 0.1) is 12.1 Å². The van der Waals surface area contributed by atoms with Crippen LogP contribution in [0.25, 0.3) is 0 Å². The molecule has 6 heteroatoms. The summed E-state index contributed by atoms with van der Waals surface area (Å²) in [5, 5.41) is 7.86. The third kappa shape index (κ3) is 1.51. The third-order valence-electron chi connectivity index (χ3n) is 3.07. The summed E-state index contributed by atoms with van der Waals surface area (Å²) in [6, 6.07) is 2.61. The highest BCUT2D eigenvalue weighted by molar-refractivity contribution is 4.95. The summed E-state index contributed by atoms with van der Waals surface area (Å²) < 4.78 is 7.05. The molecule has 0 bridgehead atoms. The van der Waals surface area contributed by atoms with Crippen molar-refractivity contribution in [3.8, 4) is 0 Å². The van der Waals surface area contributed by atoms with Crippen LogP contribution in [0.4, 0.5) is 0 Å². The van der Waals surface area contributed by atoms with Gasteiger partial charge in [0.2, 0.25) is 5.89 Å². The van der Waals surface area contributed by atoms with Crippen LogP contribution in [0.15, 0.2) is 29.3 Å². The van der Waals surface area contributed by atoms with E-state index in [4.69, 9.17) is 4.52 Å². The van der Waals surface area contributed by atoms with Crippen molar-refractivity contribution in [2.45, 2.75) is 19.0 Å². The molecule has 0 aliphatic carbocycles. The highest BCUT2D eigenvalue weighted by atomic mass is 16.5. The molecular formula is C10H13N5O. The summed E-state index contributed by atoms with van der Waals surface area (Å²) in [6.45, 7) is 4.03. The van der Waals surface area contributed by atoms with Gasteiger partial charge in [0.15, 0.2) is 6.33 Å². The van der Waals surface area contributed by atoms with Crippen molar-refractivity contribution >= 4 is 0 Å². The summed E-state index contributed by atoms with van der Waals surface area (Å²) in [6.07, 6.45) is 5.25. The Morgan fingerprint density at radius 3 is 3.00 bits per heavy atom. The molecule has 1 aliphatic rings. The van der Waals surface area contributed by atoms with Gasteiger partial charge in [-0.05, 0) is 13.0 Å². The highest BCUT2D eigenvalue weighted by Gasteiger charge is 2.34. The van der Waals surface area contributed by atoms with E-state index >= 15 is 0 Å². The molecular weight excluding hydrogens is 206 g/mol. The molecule has 2 aromatic heterocycles. The van der Waals surface area contributed by atoms with Crippen LogP contribution in [0.1, 0.15) is 24.9 Å². The number of rotatable bonds is 3. The zero-order chi connectivity index (χ0) is 11.0. The standard InChI is InChI=1S/C10H13N5O/c1-8(10-11-7-13-16-10)14-5-9(6-14)15-4-2-3-12-15/h2-4,7-9H,5-6H2,1H3. The summed E-state index contributed by atoms with van der Waals surface area (Å²) in [4.78, 5) is 6.36. The Balaban J connectivity index is 1.61. The Hall–Kier alpha value is -1.69. The van der Waals surface area contributed by atoms with E-state index in [-0.39, 0.29) is 6.04 Å². The quantitative estimate of drug-likeness (QED) is 0.767. The minimum atomic E-state index is 0.189. The maximum atomic E-state index is 5.05. The Labute approximate surface area is 92.9 Å². The first kappa shape index (κ1) is 9.53. The first-order valence-electron chi connectivity index (χ1n) is 5.34. The molecule has 6 nitrogen and oxygen atoms in total. The molecule has 2 aromatic rings. The Kier molecular flexibility index (Phi) is 2.21. The number of aromatic nitrogens is 4. The average molecular weight is 219 g/mol. The first-order valence-corrected chi connectivity index (χ1v) is 5.34. The highest BCUT2D eigenvalue weighted by Crippen LogP contribution is 2.29. The molecule has 84 valence electrons. The number of hydrogen-bond donors (Lipinski definition) is 0. The van der Waals surface area contributed by atoms with Crippen molar-refractivity contribution in [3.63, 3.8) is 0 Å². The van der Waals surface area contributed by atoms with Gasteiger partial charge in [-0.1, -0.05) is 5.16 Å². The van der Waals surface area contributed by atoms with Gasteiger partial charge in [0.25, 0.3) is 0 Å². The lowest BCUT2D eigenvalue weighted by Gasteiger charge is -2.41. The van der Waals surface area contributed by atoms with Gasteiger partial charge in [0, 0.05) is 25.5 Å². The van der Waals surface area contributed by atoms with Crippen LogP contribution in [-0.4, -0.2) is 37.9 Å². The van der Waals surface area contributed by atoms with Crippen molar-refractivity contribution in [2.75, 3.05) is 13.1 Å². The molecule has 0 amide bonds. The van der Waals surface area contributed by atoms with Gasteiger partial charge in [0.1, 0.15) is 0 Å². The number of hydrogen-bond acceptors (Lipinski definition) is 5. The lowest BCUT2D eigenvalue weighted by Crippen LogP contribution is -2.48. The minimum Gasteiger partial charge on any atom is -0.338 e. The monoisotopic (exact) mass is 219 g/mol. The summed E-state index contributed by atoms with van der Waals surface area (Å²) >= 11 is 0. The van der Waals surface area contributed by atoms with Gasteiger partial charge in [-0.25, -0.2) is 0 Å². The van der Waals surface area contributed by atoms with E-state index in [2.05, 4.69) is 27.1 Å².